The molecule has 0 radical (unpaired) electrons. The minimum Gasteiger partial charge on any atom is -0.294 e. The smallest absolute Gasteiger partial charge is 0.0906 e. The van der Waals surface area contributed by atoms with Gasteiger partial charge in [-0.05, 0) is 11.6 Å². The van der Waals surface area contributed by atoms with Crippen LogP contribution in [-0.2, 0) is 13.2 Å². The summed E-state index contributed by atoms with van der Waals surface area (Å²) in [7, 11) is 0. The van der Waals surface area contributed by atoms with E-state index < -0.39 is 0 Å². The molecule has 1 aromatic heterocycles. The lowest BCUT2D eigenvalue weighted by atomic mass is 10.2. The Labute approximate surface area is 83.4 Å². The van der Waals surface area contributed by atoms with E-state index in [1.165, 1.54) is 5.56 Å². The summed E-state index contributed by atoms with van der Waals surface area (Å²) in [4.78, 5) is 0. The quantitative estimate of drug-likeness (QED) is 0.788. The number of benzene rings is 1. The first kappa shape index (κ1) is 8.97. The fourth-order valence-electron chi connectivity index (χ4n) is 1.30. The fourth-order valence-corrected chi connectivity index (χ4v) is 1.30. The van der Waals surface area contributed by atoms with E-state index in [0.717, 1.165) is 13.2 Å². The van der Waals surface area contributed by atoms with Crippen LogP contribution in [0.5, 0.6) is 0 Å². The monoisotopic (exact) mass is 187 g/mol. The van der Waals surface area contributed by atoms with Crippen LogP contribution in [0.1, 0.15) is 5.56 Å². The number of rotatable bonds is 4. The maximum atomic E-state index is 4.10. The van der Waals surface area contributed by atoms with Crippen molar-refractivity contribution >= 4 is 0 Å². The molecule has 2 rings (SSSR count). The van der Waals surface area contributed by atoms with Crippen molar-refractivity contribution in [2.24, 2.45) is 0 Å². The normalized spacial score (nSPS) is 10.3. The van der Waals surface area contributed by atoms with E-state index >= 15 is 0 Å². The van der Waals surface area contributed by atoms with Gasteiger partial charge in [0.1, 0.15) is 0 Å². The molecule has 2 aromatic rings. The zero-order valence-electron chi connectivity index (χ0n) is 7.93. The minimum atomic E-state index is 0.752. The second-order valence-electron chi connectivity index (χ2n) is 3.12. The summed E-state index contributed by atoms with van der Waals surface area (Å²) in [6.07, 6.45) is 3.72. The highest BCUT2D eigenvalue weighted by molar-refractivity contribution is 5.14. The van der Waals surface area contributed by atoms with Gasteiger partial charge < -0.3 is 0 Å². The van der Waals surface area contributed by atoms with Crippen LogP contribution in [0.4, 0.5) is 0 Å². The third-order valence-electron chi connectivity index (χ3n) is 2.00. The van der Waals surface area contributed by atoms with Crippen LogP contribution < -0.4 is 5.32 Å². The molecule has 1 aromatic carbocycles. The molecule has 0 aliphatic heterocycles. The SMILES string of the molecule is c1ccc(CNCn2cccn2)cc1. The van der Waals surface area contributed by atoms with E-state index in [-0.39, 0.29) is 0 Å². The number of hydrogen-bond acceptors (Lipinski definition) is 2. The Morgan fingerprint density at radius 2 is 2.00 bits per heavy atom. The Morgan fingerprint density at radius 1 is 1.14 bits per heavy atom. The molecule has 0 bridgehead atoms. The number of nitrogens with zero attached hydrogens (tertiary/aromatic N) is 2. The summed E-state index contributed by atoms with van der Waals surface area (Å²) in [6.45, 7) is 1.63. The molecule has 0 amide bonds. The van der Waals surface area contributed by atoms with Gasteiger partial charge in [-0.25, -0.2) is 0 Å². The number of hydrogen-bond donors (Lipinski definition) is 1. The lowest BCUT2D eigenvalue weighted by Gasteiger charge is -2.04. The molecule has 1 N–H and O–H groups in total. The molecule has 14 heavy (non-hydrogen) atoms. The molecule has 0 saturated carbocycles. The molecular weight excluding hydrogens is 174 g/mol. The van der Waals surface area contributed by atoms with Crippen molar-refractivity contribution in [2.45, 2.75) is 13.2 Å². The molecule has 0 aliphatic carbocycles. The molecule has 0 saturated heterocycles. The van der Waals surface area contributed by atoms with Gasteiger partial charge in [-0.2, -0.15) is 5.10 Å². The van der Waals surface area contributed by atoms with Gasteiger partial charge in [0, 0.05) is 18.9 Å². The van der Waals surface area contributed by atoms with Crippen LogP contribution in [0.15, 0.2) is 48.8 Å². The molecule has 0 fully saturated rings. The van der Waals surface area contributed by atoms with Crippen LogP contribution >= 0.6 is 0 Å². The fraction of sp³-hybridized carbons (Fsp3) is 0.182. The average Bonchev–Trinajstić information content (AvgIpc) is 2.72. The van der Waals surface area contributed by atoms with Gasteiger partial charge >= 0.3 is 0 Å². The van der Waals surface area contributed by atoms with Crippen LogP contribution in [0, 0.1) is 0 Å². The van der Waals surface area contributed by atoms with Crippen molar-refractivity contribution in [2.75, 3.05) is 0 Å². The van der Waals surface area contributed by atoms with Gasteiger partial charge in [0.15, 0.2) is 0 Å². The third kappa shape index (κ3) is 2.44. The van der Waals surface area contributed by atoms with Crippen LogP contribution in [-0.4, -0.2) is 9.78 Å². The van der Waals surface area contributed by atoms with Crippen LogP contribution in [0.3, 0.4) is 0 Å². The first-order valence-electron chi connectivity index (χ1n) is 4.67. The van der Waals surface area contributed by atoms with E-state index in [1.54, 1.807) is 6.20 Å². The summed E-state index contributed by atoms with van der Waals surface area (Å²) in [5, 5.41) is 7.41. The lowest BCUT2D eigenvalue weighted by molar-refractivity contribution is 0.511. The third-order valence-corrected chi connectivity index (χ3v) is 2.00. The summed E-state index contributed by atoms with van der Waals surface area (Å²) >= 11 is 0. The van der Waals surface area contributed by atoms with E-state index in [4.69, 9.17) is 0 Å². The topological polar surface area (TPSA) is 29.9 Å². The van der Waals surface area contributed by atoms with Gasteiger partial charge in [0.2, 0.25) is 0 Å². The maximum absolute atomic E-state index is 4.10. The molecule has 0 aliphatic rings. The summed E-state index contributed by atoms with van der Waals surface area (Å²) in [5.41, 5.74) is 1.29. The molecular formula is C11H13N3. The number of aromatic nitrogens is 2. The Balaban J connectivity index is 1.79. The Kier molecular flexibility index (Phi) is 2.93. The first-order chi connectivity index (χ1) is 6.95. The summed E-state index contributed by atoms with van der Waals surface area (Å²) in [6, 6.07) is 12.3. The molecule has 72 valence electrons. The average molecular weight is 187 g/mol. The first-order valence-corrected chi connectivity index (χ1v) is 4.67. The van der Waals surface area contributed by atoms with E-state index in [2.05, 4.69) is 22.5 Å². The Bertz CT molecular complexity index is 353. The van der Waals surface area contributed by atoms with Crippen LogP contribution in [0.25, 0.3) is 0 Å². The van der Waals surface area contributed by atoms with E-state index in [9.17, 15) is 0 Å². The Hall–Kier alpha value is -1.61. The molecule has 3 heteroatoms. The largest absolute Gasteiger partial charge is 0.294 e. The molecule has 0 atom stereocenters. The van der Waals surface area contributed by atoms with E-state index in [0.29, 0.717) is 0 Å². The molecule has 0 unspecified atom stereocenters. The molecule has 1 heterocycles. The van der Waals surface area contributed by atoms with Gasteiger partial charge in [-0.3, -0.25) is 10.00 Å². The predicted octanol–water partition coefficient (Wildman–Crippen LogP) is 1.63. The van der Waals surface area contributed by atoms with Crippen LogP contribution in [0.2, 0.25) is 0 Å². The Morgan fingerprint density at radius 3 is 2.71 bits per heavy atom. The molecule has 0 spiro atoms. The highest BCUT2D eigenvalue weighted by Crippen LogP contribution is 1.96. The van der Waals surface area contributed by atoms with Crippen molar-refractivity contribution in [1.82, 2.24) is 15.1 Å². The zero-order chi connectivity index (χ0) is 9.64. The number of nitrogens with one attached hydrogen (secondary N) is 1. The second-order valence-corrected chi connectivity index (χ2v) is 3.12. The van der Waals surface area contributed by atoms with Crippen molar-refractivity contribution in [3.05, 3.63) is 54.4 Å². The zero-order valence-corrected chi connectivity index (χ0v) is 7.93. The van der Waals surface area contributed by atoms with Gasteiger partial charge in [-0.1, -0.05) is 30.3 Å². The van der Waals surface area contributed by atoms with Gasteiger partial charge in [0.25, 0.3) is 0 Å². The summed E-state index contributed by atoms with van der Waals surface area (Å²) < 4.78 is 1.86. The van der Waals surface area contributed by atoms with Crippen molar-refractivity contribution < 1.29 is 0 Å². The highest BCUT2D eigenvalue weighted by Gasteiger charge is 1.91. The molecule has 3 nitrogen and oxygen atoms in total. The van der Waals surface area contributed by atoms with E-state index in [1.807, 2.05) is 35.1 Å². The van der Waals surface area contributed by atoms with Gasteiger partial charge in [-0.15, -0.1) is 0 Å². The highest BCUT2D eigenvalue weighted by atomic mass is 15.3. The maximum Gasteiger partial charge on any atom is 0.0906 e. The standard InChI is InChI=1S/C11H13N3/c1-2-5-11(6-3-1)9-12-10-14-8-4-7-13-14/h1-8,12H,9-10H2. The van der Waals surface area contributed by atoms with Crippen molar-refractivity contribution in [3.8, 4) is 0 Å². The minimum absolute atomic E-state index is 0.752. The van der Waals surface area contributed by atoms with Crippen molar-refractivity contribution in [1.29, 1.82) is 0 Å². The lowest BCUT2D eigenvalue weighted by Crippen LogP contribution is -2.18. The summed E-state index contributed by atoms with van der Waals surface area (Å²) in [5.74, 6) is 0. The van der Waals surface area contributed by atoms with Gasteiger partial charge in [0.05, 0.1) is 6.67 Å². The predicted molar refractivity (Wildman–Crippen MR) is 55.5 cm³/mol. The van der Waals surface area contributed by atoms with Crippen molar-refractivity contribution in [3.63, 3.8) is 0 Å². The second kappa shape index (κ2) is 4.58.